The molecule has 2 aliphatic rings. The molecule has 0 fully saturated rings. The second kappa shape index (κ2) is 32.9. The van der Waals surface area contributed by atoms with Crippen LogP contribution in [0.5, 0.6) is 23.0 Å². The third-order valence-electron chi connectivity index (χ3n) is 27.1. The van der Waals surface area contributed by atoms with Crippen molar-refractivity contribution in [2.75, 3.05) is 9.80 Å². The Bertz CT molecular complexity index is 7820. The Labute approximate surface area is 775 Å². The van der Waals surface area contributed by atoms with Gasteiger partial charge in [-0.25, -0.2) is 8.78 Å². The monoisotopic (exact) mass is 1720 g/mol. The molecule has 0 aliphatic heterocycles. The van der Waals surface area contributed by atoms with Gasteiger partial charge in [0.15, 0.2) is 0 Å². The fraction of sp³-hybridized carbons (Fsp3) is 0.0159. The topological polar surface area (TPSA) is 51.2 Å². The summed E-state index contributed by atoms with van der Waals surface area (Å²) in [5, 5.41) is 4.35. The third kappa shape index (κ3) is 13.8. The summed E-state index contributed by atoms with van der Waals surface area (Å²) in [6.07, 6.45) is 3.64. The van der Waals surface area contributed by atoms with Crippen LogP contribution in [-0.4, -0.2) is 0 Å². The maximum Gasteiger partial charge on any atom is 0.136 e. The fourth-order valence-corrected chi connectivity index (χ4v) is 20.6. The number of ether oxygens (including phenoxy) is 2. The maximum absolute atomic E-state index is 15.3. The van der Waals surface area contributed by atoms with Crippen molar-refractivity contribution >= 4 is 90.2 Å². The highest BCUT2D eigenvalue weighted by atomic mass is 19.1. The van der Waals surface area contributed by atoms with Gasteiger partial charge in [0, 0.05) is 55.7 Å². The fourth-order valence-electron chi connectivity index (χ4n) is 20.6. The normalized spacial score (nSPS) is 14.0. The molecule has 2 heterocycles. The lowest BCUT2D eigenvalue weighted by Crippen LogP contribution is -2.28. The summed E-state index contributed by atoms with van der Waals surface area (Å²) in [7, 11) is 0. The van der Waals surface area contributed by atoms with Crippen molar-refractivity contribution in [2.24, 2.45) is 0 Å². The summed E-state index contributed by atoms with van der Waals surface area (Å²) < 4.78 is 56.4. The Kier molecular flexibility index (Phi) is 19.6. The summed E-state index contributed by atoms with van der Waals surface area (Å²) in [5.41, 5.74) is 32.7. The molecule has 0 amide bonds. The Balaban J connectivity index is 0.592. The maximum atomic E-state index is 15.3. The van der Waals surface area contributed by atoms with Crippen molar-refractivity contribution < 1.29 is 27.1 Å². The zero-order chi connectivity index (χ0) is 89.5. The van der Waals surface area contributed by atoms with Crippen LogP contribution in [0.15, 0.2) is 483 Å². The highest BCUT2D eigenvalue weighted by Gasteiger charge is 2.48. The molecule has 0 bridgehead atoms. The molecule has 0 spiro atoms. The van der Waals surface area contributed by atoms with Crippen LogP contribution >= 0.6 is 0 Å². The van der Waals surface area contributed by atoms with Crippen molar-refractivity contribution in [1.29, 1.82) is 0 Å². The molecule has 634 valence electrons. The number of halogens is 2. The second-order valence-corrected chi connectivity index (χ2v) is 34.5. The SMILES string of the molecule is C=Cc1ccc(Oc2ccc(C3(c4ccc(F)cc4)c4ccccc4-c4ccc(-c5cccc(N(c6ccc(-c7ccc(N(c8ccc(-c9ccc%10c(c9)oc9ccccc9%10)cc8)c8cccc(-c9ccc%10c(c9)C(c9ccc(F)cc9)(c9ccc(Oc%11ccc(C=C)cc%11)cc9)c9ccccc9-%10)c8)cc7)cc6)c6ccc(-c7ccc8c(c7)oc7ccccc78)cc6)c5)cc43)cc2)cc1. The molecule has 0 saturated carbocycles. The minimum atomic E-state index is -0.840. The largest absolute Gasteiger partial charge is 0.457 e. The first-order valence-corrected chi connectivity index (χ1v) is 45.1. The van der Waals surface area contributed by atoms with Gasteiger partial charge in [-0.1, -0.05) is 292 Å². The van der Waals surface area contributed by atoms with Gasteiger partial charge in [0.05, 0.1) is 10.8 Å². The van der Waals surface area contributed by atoms with E-state index in [0.29, 0.717) is 11.5 Å². The summed E-state index contributed by atoms with van der Waals surface area (Å²) in [4.78, 5) is 4.68. The van der Waals surface area contributed by atoms with Crippen molar-refractivity contribution in [3.05, 3.63) is 541 Å². The molecule has 2 unspecified atom stereocenters. The van der Waals surface area contributed by atoms with E-state index < -0.39 is 10.8 Å². The van der Waals surface area contributed by atoms with Crippen LogP contribution < -0.4 is 19.3 Å². The number of anilines is 6. The van der Waals surface area contributed by atoms with E-state index in [-0.39, 0.29) is 11.6 Å². The van der Waals surface area contributed by atoms with Crippen LogP contribution in [0.4, 0.5) is 42.9 Å². The van der Waals surface area contributed by atoms with Crippen LogP contribution in [0.1, 0.15) is 55.6 Å². The van der Waals surface area contributed by atoms with Crippen LogP contribution in [0.2, 0.25) is 0 Å². The minimum absolute atomic E-state index is 0.302. The van der Waals surface area contributed by atoms with Gasteiger partial charge >= 0.3 is 0 Å². The first-order chi connectivity index (χ1) is 66.0. The molecule has 2 aliphatic carbocycles. The first-order valence-electron chi connectivity index (χ1n) is 45.1. The van der Waals surface area contributed by atoms with Gasteiger partial charge in [0.2, 0.25) is 0 Å². The molecule has 2 atom stereocenters. The van der Waals surface area contributed by atoms with E-state index in [0.717, 1.165) is 223 Å². The molecular formula is C126H82F2N2O4. The smallest absolute Gasteiger partial charge is 0.136 e. The highest BCUT2D eigenvalue weighted by Crippen LogP contribution is 2.60. The Morgan fingerprint density at radius 2 is 0.500 bits per heavy atom. The van der Waals surface area contributed by atoms with E-state index in [1.54, 1.807) is 24.3 Å². The van der Waals surface area contributed by atoms with Crippen molar-refractivity contribution in [2.45, 2.75) is 10.8 Å². The molecule has 0 saturated heterocycles. The van der Waals surface area contributed by atoms with E-state index in [1.807, 2.05) is 133 Å². The Morgan fingerprint density at radius 1 is 0.216 bits per heavy atom. The number of furan rings is 2. The summed E-state index contributed by atoms with van der Waals surface area (Å²) in [6, 6.07) is 160. The molecular weight excluding hydrogens is 1640 g/mol. The van der Waals surface area contributed by atoms with Gasteiger partial charge in [-0.3, -0.25) is 0 Å². The van der Waals surface area contributed by atoms with Gasteiger partial charge in [-0.05, 0) is 328 Å². The quantitative estimate of drug-likeness (QED) is 0.0715. The Hall–Kier alpha value is -17.5. The molecule has 8 heteroatoms. The third-order valence-corrected chi connectivity index (χ3v) is 27.1. The standard InChI is InChI=1S/C126H82F2N2O4/c1-3-81-27-63-105(64-28-81)131-107-67-47-95(48-68-107)125(93-43-51-97(127)52-44-93)117-23-9-5-19-109(117)111-71-39-89(77-119(111)125)87-15-13-17-103(75-87)129(101-59-35-85(36-60-101)91-41-73-115-113-21-7-11-25-121(113)133-123(115)79-91)99-55-31-83(32-56-99)84-33-57-100(58-34-84)130(102-61-37-86(38-62-102)92-42-74-116-114-22-8-12-26-122(114)134-124(116)80-92)104-18-14-16-88(76-104)90-40-72-112-110-20-6-10-24-118(110)126(120(112)78-90,94-45-53-98(128)54-46-94)96-49-69-108(70-50-96)132-106-65-29-82(4-2)30-66-106/h3-80H,1-2H2. The number of nitrogens with zero attached hydrogens (tertiary/aromatic N) is 2. The molecule has 0 radical (unpaired) electrons. The first kappa shape index (κ1) is 79.9. The second-order valence-electron chi connectivity index (χ2n) is 34.5. The van der Waals surface area contributed by atoms with Crippen molar-refractivity contribution in [3.63, 3.8) is 0 Å². The molecule has 20 aromatic carbocycles. The number of para-hydroxylation sites is 2. The number of fused-ring (bicyclic) bond motifs is 12. The van der Waals surface area contributed by atoms with Crippen LogP contribution in [0.3, 0.4) is 0 Å². The molecule has 6 nitrogen and oxygen atoms in total. The number of benzene rings is 20. The minimum Gasteiger partial charge on any atom is -0.457 e. The van der Waals surface area contributed by atoms with Crippen molar-refractivity contribution in [1.82, 2.24) is 0 Å². The predicted octanol–water partition coefficient (Wildman–Crippen LogP) is 34.6. The van der Waals surface area contributed by atoms with Gasteiger partial charge in [0.25, 0.3) is 0 Å². The van der Waals surface area contributed by atoms with Gasteiger partial charge in [-0.15, -0.1) is 0 Å². The van der Waals surface area contributed by atoms with E-state index in [9.17, 15) is 0 Å². The zero-order valence-corrected chi connectivity index (χ0v) is 72.7. The Morgan fingerprint density at radius 3 is 0.866 bits per heavy atom. The number of hydrogen-bond donors (Lipinski definition) is 0. The molecule has 22 aromatic rings. The molecule has 24 rings (SSSR count). The van der Waals surface area contributed by atoms with Crippen molar-refractivity contribution in [3.8, 4) is 101 Å². The van der Waals surface area contributed by atoms with E-state index in [4.69, 9.17) is 18.3 Å². The van der Waals surface area contributed by atoms with E-state index in [2.05, 4.69) is 338 Å². The summed E-state index contributed by atoms with van der Waals surface area (Å²) >= 11 is 0. The van der Waals surface area contributed by atoms with Gasteiger partial charge in [-0.2, -0.15) is 0 Å². The zero-order valence-electron chi connectivity index (χ0n) is 72.7. The lowest BCUT2D eigenvalue weighted by molar-refractivity contribution is 0.482. The van der Waals surface area contributed by atoms with Crippen LogP contribution in [0, 0.1) is 11.6 Å². The lowest BCUT2D eigenvalue weighted by atomic mass is 9.67. The van der Waals surface area contributed by atoms with Crippen LogP contribution in [-0.2, 0) is 10.8 Å². The molecule has 134 heavy (non-hydrogen) atoms. The van der Waals surface area contributed by atoms with Crippen LogP contribution in [0.25, 0.3) is 134 Å². The number of hydrogen-bond acceptors (Lipinski definition) is 6. The summed E-state index contributed by atoms with van der Waals surface area (Å²) in [5.74, 6) is 2.23. The lowest BCUT2D eigenvalue weighted by Gasteiger charge is -2.34. The van der Waals surface area contributed by atoms with E-state index >= 15 is 8.78 Å². The van der Waals surface area contributed by atoms with Gasteiger partial charge in [0.1, 0.15) is 57.0 Å². The average molecular weight is 1730 g/mol. The predicted molar refractivity (Wildman–Crippen MR) is 545 cm³/mol. The molecule has 2 aromatic heterocycles. The molecule has 0 N–H and O–H groups in total. The highest BCUT2D eigenvalue weighted by molar-refractivity contribution is 6.07. The van der Waals surface area contributed by atoms with E-state index in [1.165, 1.54) is 0 Å². The van der Waals surface area contributed by atoms with Gasteiger partial charge < -0.3 is 28.1 Å². The summed E-state index contributed by atoms with van der Waals surface area (Å²) in [6.45, 7) is 7.86. The average Bonchev–Trinajstić information content (AvgIpc) is 1.54. The number of rotatable bonds is 21.